The molecule has 1 saturated heterocycles. The number of carbonyl (C=O) groups excluding carboxylic acids is 1. The molecular formula is C11H22N2O2. The first-order chi connectivity index (χ1) is 7.15. The van der Waals surface area contributed by atoms with Crippen LogP contribution in [0, 0.1) is 0 Å². The molecule has 15 heavy (non-hydrogen) atoms. The van der Waals surface area contributed by atoms with Crippen LogP contribution < -0.4 is 5.32 Å². The van der Waals surface area contributed by atoms with Crippen molar-refractivity contribution in [1.29, 1.82) is 0 Å². The second kappa shape index (κ2) is 6.08. The molecule has 0 saturated carbocycles. The van der Waals surface area contributed by atoms with Crippen LogP contribution in [0.1, 0.15) is 27.2 Å². The van der Waals surface area contributed by atoms with Crippen LogP contribution in [0.25, 0.3) is 0 Å². The molecule has 88 valence electrons. The molecule has 2 atom stereocenters. The van der Waals surface area contributed by atoms with E-state index in [0.717, 1.165) is 19.6 Å². The Kier molecular flexibility index (Phi) is 5.05. The molecule has 0 spiro atoms. The summed E-state index contributed by atoms with van der Waals surface area (Å²) in [5.41, 5.74) is 0. The van der Waals surface area contributed by atoms with E-state index < -0.39 is 0 Å². The summed E-state index contributed by atoms with van der Waals surface area (Å²) >= 11 is 0. The summed E-state index contributed by atoms with van der Waals surface area (Å²) in [4.78, 5) is 13.7. The molecular weight excluding hydrogens is 192 g/mol. The maximum Gasteiger partial charge on any atom is 0.307 e. The summed E-state index contributed by atoms with van der Waals surface area (Å²) in [5, 5.41) is 3.34. The first kappa shape index (κ1) is 12.5. The topological polar surface area (TPSA) is 41.6 Å². The maximum absolute atomic E-state index is 11.3. The van der Waals surface area contributed by atoms with Crippen LogP contribution in [-0.4, -0.2) is 49.2 Å². The molecule has 0 aromatic carbocycles. The van der Waals surface area contributed by atoms with Crippen molar-refractivity contribution in [2.24, 2.45) is 0 Å². The minimum atomic E-state index is -0.0873. The average molecular weight is 214 g/mol. The van der Waals surface area contributed by atoms with Crippen LogP contribution in [0.4, 0.5) is 0 Å². The van der Waals surface area contributed by atoms with E-state index in [-0.39, 0.29) is 12.0 Å². The molecule has 1 rings (SSSR count). The summed E-state index contributed by atoms with van der Waals surface area (Å²) in [5.74, 6) is -0.0873. The summed E-state index contributed by atoms with van der Waals surface area (Å²) in [6, 6.07) is 0.782. The third kappa shape index (κ3) is 3.80. The Bertz CT molecular complexity index is 209. The summed E-state index contributed by atoms with van der Waals surface area (Å²) in [6.07, 6.45) is 0.498. The molecule has 1 aliphatic heterocycles. The molecule has 2 unspecified atom stereocenters. The van der Waals surface area contributed by atoms with E-state index in [9.17, 15) is 4.79 Å². The van der Waals surface area contributed by atoms with Gasteiger partial charge in [-0.05, 0) is 20.8 Å². The van der Waals surface area contributed by atoms with Crippen molar-refractivity contribution in [2.45, 2.75) is 39.3 Å². The zero-order valence-electron chi connectivity index (χ0n) is 9.95. The van der Waals surface area contributed by atoms with Crippen LogP contribution in [0.15, 0.2) is 0 Å². The quantitative estimate of drug-likeness (QED) is 0.697. The smallest absolute Gasteiger partial charge is 0.307 e. The molecule has 4 heteroatoms. The highest BCUT2D eigenvalue weighted by Crippen LogP contribution is 2.11. The van der Waals surface area contributed by atoms with Gasteiger partial charge >= 0.3 is 5.97 Å². The van der Waals surface area contributed by atoms with Crippen LogP contribution in [-0.2, 0) is 9.53 Å². The molecule has 1 fully saturated rings. The predicted molar refractivity (Wildman–Crippen MR) is 59.7 cm³/mol. The number of nitrogens with zero attached hydrogens (tertiary/aromatic N) is 1. The standard InChI is InChI=1S/C11H22N2O2/c1-4-15-11(14)7-9(2)13-6-5-12-8-10(13)3/h9-10,12H,4-8H2,1-3H3. The number of piperazine rings is 1. The number of nitrogens with one attached hydrogen (secondary N) is 1. The van der Waals surface area contributed by atoms with Crippen molar-refractivity contribution < 1.29 is 9.53 Å². The lowest BCUT2D eigenvalue weighted by molar-refractivity contribution is -0.144. The fraction of sp³-hybridized carbons (Fsp3) is 0.909. The van der Waals surface area contributed by atoms with Crippen LogP contribution in [0.3, 0.4) is 0 Å². The fourth-order valence-electron chi connectivity index (χ4n) is 2.09. The minimum absolute atomic E-state index is 0.0873. The number of esters is 1. The van der Waals surface area contributed by atoms with Crippen molar-refractivity contribution in [3.8, 4) is 0 Å². The van der Waals surface area contributed by atoms with E-state index in [1.807, 2.05) is 6.92 Å². The highest BCUT2D eigenvalue weighted by Gasteiger charge is 2.24. The van der Waals surface area contributed by atoms with E-state index in [4.69, 9.17) is 4.74 Å². The first-order valence-corrected chi connectivity index (χ1v) is 5.77. The second-order valence-corrected chi connectivity index (χ2v) is 4.15. The Balaban J connectivity index is 2.37. The Morgan fingerprint density at radius 3 is 3.00 bits per heavy atom. The van der Waals surface area contributed by atoms with Gasteiger partial charge in [0.15, 0.2) is 0 Å². The summed E-state index contributed by atoms with van der Waals surface area (Å²) in [7, 11) is 0. The highest BCUT2D eigenvalue weighted by molar-refractivity contribution is 5.70. The van der Waals surface area contributed by atoms with Crippen molar-refractivity contribution in [3.05, 3.63) is 0 Å². The van der Waals surface area contributed by atoms with Gasteiger partial charge in [0.1, 0.15) is 0 Å². The van der Waals surface area contributed by atoms with Gasteiger partial charge in [-0.3, -0.25) is 9.69 Å². The van der Waals surface area contributed by atoms with Gasteiger partial charge in [0.25, 0.3) is 0 Å². The zero-order chi connectivity index (χ0) is 11.3. The van der Waals surface area contributed by atoms with Gasteiger partial charge in [0.05, 0.1) is 13.0 Å². The lowest BCUT2D eigenvalue weighted by Crippen LogP contribution is -2.53. The van der Waals surface area contributed by atoms with Crippen LogP contribution in [0.5, 0.6) is 0 Å². The van der Waals surface area contributed by atoms with Gasteiger partial charge in [-0.2, -0.15) is 0 Å². The van der Waals surface area contributed by atoms with Crippen LogP contribution >= 0.6 is 0 Å². The molecule has 0 amide bonds. The normalized spacial score (nSPS) is 24.9. The number of rotatable bonds is 4. The van der Waals surface area contributed by atoms with E-state index >= 15 is 0 Å². The largest absolute Gasteiger partial charge is 0.466 e. The first-order valence-electron chi connectivity index (χ1n) is 5.77. The summed E-state index contributed by atoms with van der Waals surface area (Å²) in [6.45, 7) is 9.64. The number of hydrogen-bond donors (Lipinski definition) is 1. The Labute approximate surface area is 92.0 Å². The Hall–Kier alpha value is -0.610. The van der Waals surface area contributed by atoms with Gasteiger partial charge in [-0.15, -0.1) is 0 Å². The van der Waals surface area contributed by atoms with E-state index in [1.54, 1.807) is 0 Å². The Morgan fingerprint density at radius 2 is 2.40 bits per heavy atom. The van der Waals surface area contributed by atoms with Gasteiger partial charge < -0.3 is 10.1 Å². The van der Waals surface area contributed by atoms with E-state index in [2.05, 4.69) is 24.1 Å². The van der Waals surface area contributed by atoms with Crippen molar-refractivity contribution in [3.63, 3.8) is 0 Å². The molecule has 0 aromatic rings. The van der Waals surface area contributed by atoms with Gasteiger partial charge in [0.2, 0.25) is 0 Å². The molecule has 1 N–H and O–H groups in total. The number of carbonyl (C=O) groups is 1. The van der Waals surface area contributed by atoms with Crippen molar-refractivity contribution >= 4 is 5.97 Å². The zero-order valence-corrected chi connectivity index (χ0v) is 9.95. The molecule has 0 aromatic heterocycles. The third-order valence-corrected chi connectivity index (χ3v) is 2.89. The number of ether oxygens (including phenoxy) is 1. The molecule has 0 radical (unpaired) electrons. The highest BCUT2D eigenvalue weighted by atomic mass is 16.5. The Morgan fingerprint density at radius 1 is 1.67 bits per heavy atom. The molecule has 0 bridgehead atoms. The fourth-order valence-corrected chi connectivity index (χ4v) is 2.09. The third-order valence-electron chi connectivity index (χ3n) is 2.89. The van der Waals surface area contributed by atoms with Crippen molar-refractivity contribution in [1.82, 2.24) is 10.2 Å². The van der Waals surface area contributed by atoms with E-state index in [0.29, 0.717) is 19.1 Å². The lowest BCUT2D eigenvalue weighted by atomic mass is 10.1. The SMILES string of the molecule is CCOC(=O)CC(C)N1CCNCC1C. The maximum atomic E-state index is 11.3. The van der Waals surface area contributed by atoms with E-state index in [1.165, 1.54) is 0 Å². The molecule has 1 heterocycles. The van der Waals surface area contributed by atoms with Gasteiger partial charge in [-0.25, -0.2) is 0 Å². The average Bonchev–Trinajstić information content (AvgIpc) is 2.18. The van der Waals surface area contributed by atoms with Crippen LogP contribution in [0.2, 0.25) is 0 Å². The molecule has 1 aliphatic rings. The van der Waals surface area contributed by atoms with Gasteiger partial charge in [0, 0.05) is 31.7 Å². The predicted octanol–water partition coefficient (Wildman–Crippen LogP) is 0.622. The summed E-state index contributed by atoms with van der Waals surface area (Å²) < 4.78 is 4.96. The minimum Gasteiger partial charge on any atom is -0.466 e. The van der Waals surface area contributed by atoms with Gasteiger partial charge in [-0.1, -0.05) is 0 Å². The lowest BCUT2D eigenvalue weighted by Gasteiger charge is -2.38. The molecule has 0 aliphatic carbocycles. The monoisotopic (exact) mass is 214 g/mol. The van der Waals surface area contributed by atoms with Crippen molar-refractivity contribution in [2.75, 3.05) is 26.2 Å². The second-order valence-electron chi connectivity index (χ2n) is 4.15. The number of hydrogen-bond acceptors (Lipinski definition) is 4. The molecule has 4 nitrogen and oxygen atoms in total.